The molecule has 2 aliphatic rings. The van der Waals surface area contributed by atoms with E-state index >= 15 is 0 Å². The number of hydrogen-bond donors (Lipinski definition) is 2. The minimum atomic E-state index is -0.225. The lowest BCUT2D eigenvalue weighted by Crippen LogP contribution is -3.15. The zero-order chi connectivity index (χ0) is 15.5. The van der Waals surface area contributed by atoms with Crippen LogP contribution in [0.2, 0.25) is 0 Å². The molecule has 2 amide bonds. The zero-order valence-electron chi connectivity index (χ0n) is 12.9. The second kappa shape index (κ2) is 6.48. The molecule has 0 spiro atoms. The third-order valence-corrected chi connectivity index (χ3v) is 4.90. The quantitative estimate of drug-likeness (QED) is 0.779. The molecule has 0 radical (unpaired) electrons. The van der Waals surface area contributed by atoms with Crippen molar-refractivity contribution in [2.45, 2.75) is 25.8 Å². The summed E-state index contributed by atoms with van der Waals surface area (Å²) in [5.41, 5.74) is 8.02. The Morgan fingerprint density at radius 1 is 1.27 bits per heavy atom. The highest BCUT2D eigenvalue weighted by atomic mass is 16.2. The van der Waals surface area contributed by atoms with Crippen LogP contribution in [-0.2, 0) is 22.6 Å². The lowest BCUT2D eigenvalue weighted by molar-refractivity contribution is -0.899. The van der Waals surface area contributed by atoms with Gasteiger partial charge in [0.05, 0.1) is 19.0 Å². The molecule has 118 valence electrons. The third-order valence-electron chi connectivity index (χ3n) is 4.90. The first-order valence-electron chi connectivity index (χ1n) is 8.11. The lowest BCUT2D eigenvalue weighted by Gasteiger charge is -2.32. The van der Waals surface area contributed by atoms with Crippen molar-refractivity contribution in [1.82, 2.24) is 4.90 Å². The van der Waals surface area contributed by atoms with Crippen LogP contribution in [0, 0.1) is 5.92 Å². The van der Waals surface area contributed by atoms with E-state index in [4.69, 9.17) is 5.73 Å². The second-order valence-electron chi connectivity index (χ2n) is 6.46. The van der Waals surface area contributed by atoms with Crippen molar-refractivity contribution in [2.75, 3.05) is 26.2 Å². The number of primary amides is 1. The highest BCUT2D eigenvalue weighted by Crippen LogP contribution is 2.18. The van der Waals surface area contributed by atoms with Gasteiger partial charge in [0.15, 0.2) is 6.54 Å². The molecule has 1 unspecified atom stereocenters. The average molecular weight is 302 g/mol. The maximum absolute atomic E-state index is 12.5. The number of nitrogens with zero attached hydrogens (tertiary/aromatic N) is 1. The molecule has 22 heavy (non-hydrogen) atoms. The number of nitrogens with one attached hydrogen (secondary N) is 1. The molecule has 0 saturated carbocycles. The first kappa shape index (κ1) is 15.0. The molecule has 0 aromatic heterocycles. The maximum Gasteiger partial charge on any atom is 0.278 e. The number of rotatable bonds is 3. The molecule has 0 aliphatic carbocycles. The van der Waals surface area contributed by atoms with Gasteiger partial charge in [-0.05, 0) is 30.4 Å². The Bertz CT molecular complexity index is 573. The Hall–Kier alpha value is -1.88. The summed E-state index contributed by atoms with van der Waals surface area (Å²) in [6, 6.07) is 8.33. The number of quaternary nitrogens is 1. The van der Waals surface area contributed by atoms with Gasteiger partial charge >= 0.3 is 0 Å². The molecular weight excluding hydrogens is 278 g/mol. The SMILES string of the molecule is NC(=O)[C@H]1CCC[NH+](CC(=O)N2CCc3ccccc3C2)C1. The Balaban J connectivity index is 1.58. The van der Waals surface area contributed by atoms with Crippen LogP contribution in [0.15, 0.2) is 24.3 Å². The van der Waals surface area contributed by atoms with Crippen LogP contribution in [0.1, 0.15) is 24.0 Å². The topological polar surface area (TPSA) is 67.8 Å². The summed E-state index contributed by atoms with van der Waals surface area (Å²) in [4.78, 5) is 27.0. The van der Waals surface area contributed by atoms with Gasteiger partial charge in [0.2, 0.25) is 5.91 Å². The standard InChI is InChI=1S/C17H23N3O2/c18-17(22)15-6-3-8-19(10-15)12-16(21)20-9-7-13-4-1-2-5-14(13)11-20/h1-2,4-5,15H,3,6-12H2,(H2,18,22)/p+1/t15-/m0/s1. The number of carbonyl (C=O) groups is 2. The van der Waals surface area contributed by atoms with E-state index < -0.39 is 0 Å². The fourth-order valence-corrected chi connectivity index (χ4v) is 3.59. The van der Waals surface area contributed by atoms with E-state index in [-0.39, 0.29) is 17.7 Å². The van der Waals surface area contributed by atoms with Crippen molar-refractivity contribution < 1.29 is 14.5 Å². The number of piperidine rings is 1. The summed E-state index contributed by atoms with van der Waals surface area (Å²) >= 11 is 0. The molecule has 5 nitrogen and oxygen atoms in total. The number of hydrogen-bond acceptors (Lipinski definition) is 2. The summed E-state index contributed by atoms with van der Waals surface area (Å²) in [5, 5.41) is 0. The number of fused-ring (bicyclic) bond motifs is 1. The molecule has 1 aromatic carbocycles. The molecule has 2 atom stereocenters. The van der Waals surface area contributed by atoms with Crippen molar-refractivity contribution in [3.63, 3.8) is 0 Å². The van der Waals surface area contributed by atoms with E-state index in [2.05, 4.69) is 18.2 Å². The highest BCUT2D eigenvalue weighted by Gasteiger charge is 2.30. The van der Waals surface area contributed by atoms with Crippen molar-refractivity contribution in [3.05, 3.63) is 35.4 Å². The van der Waals surface area contributed by atoms with Gasteiger partial charge in [-0.15, -0.1) is 0 Å². The highest BCUT2D eigenvalue weighted by molar-refractivity contribution is 5.78. The normalized spacial score (nSPS) is 24.6. The number of amides is 2. The van der Waals surface area contributed by atoms with Gasteiger partial charge in [-0.3, -0.25) is 9.59 Å². The van der Waals surface area contributed by atoms with E-state index in [1.165, 1.54) is 16.0 Å². The van der Waals surface area contributed by atoms with Crippen molar-refractivity contribution in [1.29, 1.82) is 0 Å². The summed E-state index contributed by atoms with van der Waals surface area (Å²) in [6.07, 6.45) is 2.77. The Morgan fingerprint density at radius 2 is 2.05 bits per heavy atom. The molecule has 1 aromatic rings. The minimum absolute atomic E-state index is 0.0707. The summed E-state index contributed by atoms with van der Waals surface area (Å²) in [6.45, 7) is 3.64. The van der Waals surface area contributed by atoms with Gasteiger partial charge in [0, 0.05) is 13.1 Å². The van der Waals surface area contributed by atoms with Crippen molar-refractivity contribution in [3.8, 4) is 0 Å². The summed E-state index contributed by atoms with van der Waals surface area (Å²) < 4.78 is 0. The second-order valence-corrected chi connectivity index (χ2v) is 6.46. The molecule has 3 rings (SSSR count). The first-order valence-corrected chi connectivity index (χ1v) is 8.11. The molecule has 2 aliphatic heterocycles. The van der Waals surface area contributed by atoms with Crippen LogP contribution in [0.25, 0.3) is 0 Å². The zero-order valence-corrected chi connectivity index (χ0v) is 12.9. The Morgan fingerprint density at radius 3 is 2.82 bits per heavy atom. The van der Waals surface area contributed by atoms with Gasteiger partial charge in [-0.1, -0.05) is 24.3 Å². The van der Waals surface area contributed by atoms with Gasteiger partial charge in [0.25, 0.3) is 5.91 Å². The van der Waals surface area contributed by atoms with Crippen LogP contribution < -0.4 is 10.6 Å². The van der Waals surface area contributed by atoms with Gasteiger partial charge in [0.1, 0.15) is 0 Å². The van der Waals surface area contributed by atoms with Gasteiger partial charge in [-0.2, -0.15) is 0 Å². The molecule has 5 heteroatoms. The third kappa shape index (κ3) is 3.30. The van der Waals surface area contributed by atoms with E-state index in [9.17, 15) is 9.59 Å². The molecule has 3 N–H and O–H groups in total. The predicted octanol–water partition coefficient (Wildman–Crippen LogP) is -0.648. The number of carbonyl (C=O) groups excluding carboxylic acids is 2. The minimum Gasteiger partial charge on any atom is -0.369 e. The van der Waals surface area contributed by atoms with Crippen LogP contribution in [-0.4, -0.2) is 42.9 Å². The van der Waals surface area contributed by atoms with E-state index in [0.717, 1.165) is 32.4 Å². The molecule has 1 saturated heterocycles. The number of likely N-dealkylation sites (tertiary alicyclic amines) is 1. The maximum atomic E-state index is 12.5. The van der Waals surface area contributed by atoms with Gasteiger partial charge < -0.3 is 15.5 Å². The fraction of sp³-hybridized carbons (Fsp3) is 0.529. The largest absolute Gasteiger partial charge is 0.369 e. The molecule has 1 fully saturated rings. The number of benzene rings is 1. The van der Waals surface area contributed by atoms with E-state index in [0.29, 0.717) is 19.6 Å². The first-order chi connectivity index (χ1) is 10.6. The van der Waals surface area contributed by atoms with Crippen LogP contribution >= 0.6 is 0 Å². The lowest BCUT2D eigenvalue weighted by atomic mass is 9.97. The van der Waals surface area contributed by atoms with Crippen LogP contribution in [0.3, 0.4) is 0 Å². The number of nitrogens with two attached hydrogens (primary N) is 1. The smallest absolute Gasteiger partial charge is 0.278 e. The van der Waals surface area contributed by atoms with Crippen LogP contribution in [0.4, 0.5) is 0 Å². The molecule has 2 heterocycles. The Kier molecular flexibility index (Phi) is 4.43. The molecular formula is C17H24N3O2+. The van der Waals surface area contributed by atoms with Crippen LogP contribution in [0.5, 0.6) is 0 Å². The summed E-state index contributed by atoms with van der Waals surface area (Å²) in [7, 11) is 0. The van der Waals surface area contributed by atoms with Crippen molar-refractivity contribution >= 4 is 11.8 Å². The van der Waals surface area contributed by atoms with E-state index in [1.54, 1.807) is 0 Å². The fourth-order valence-electron chi connectivity index (χ4n) is 3.59. The summed E-state index contributed by atoms with van der Waals surface area (Å²) in [5.74, 6) is -0.107. The Labute approximate surface area is 131 Å². The average Bonchev–Trinajstić information content (AvgIpc) is 2.54. The van der Waals surface area contributed by atoms with Gasteiger partial charge in [-0.25, -0.2) is 0 Å². The van der Waals surface area contributed by atoms with E-state index in [1.807, 2.05) is 11.0 Å². The predicted molar refractivity (Wildman–Crippen MR) is 83.0 cm³/mol. The molecule has 0 bridgehead atoms. The van der Waals surface area contributed by atoms with Crippen molar-refractivity contribution in [2.24, 2.45) is 11.7 Å². The monoisotopic (exact) mass is 302 g/mol.